The summed E-state index contributed by atoms with van der Waals surface area (Å²) in [6, 6.07) is 5.85. The van der Waals surface area contributed by atoms with Crippen LogP contribution in [-0.2, 0) is 16.1 Å². The zero-order chi connectivity index (χ0) is 23.4. The number of carbonyl (C=O) groups excluding carboxylic acids is 1. The Morgan fingerprint density at radius 1 is 1.19 bits per heavy atom. The Morgan fingerprint density at radius 3 is 2.16 bits per heavy atom. The van der Waals surface area contributed by atoms with Gasteiger partial charge in [0.05, 0.1) is 11.5 Å². The van der Waals surface area contributed by atoms with Crippen molar-refractivity contribution in [3.8, 4) is 0 Å². The predicted octanol–water partition coefficient (Wildman–Crippen LogP) is 5.39. The smallest absolute Gasteiger partial charge is 0.411 e. The molecule has 0 saturated heterocycles. The van der Waals surface area contributed by atoms with Gasteiger partial charge in [0.1, 0.15) is 11.1 Å². The molecule has 0 spiro atoms. The van der Waals surface area contributed by atoms with Crippen molar-refractivity contribution in [2.45, 2.75) is 84.4 Å². The Balaban J connectivity index is 2.56. The molecule has 1 N–H and O–H groups in total. The normalized spacial score (nSPS) is 16.7. The van der Waals surface area contributed by atoms with E-state index in [-0.39, 0.29) is 24.1 Å². The minimum absolute atomic E-state index is 0.00241. The third kappa shape index (κ3) is 5.95. The van der Waals surface area contributed by atoms with Crippen molar-refractivity contribution >= 4 is 17.7 Å². The van der Waals surface area contributed by atoms with Crippen LogP contribution in [0.15, 0.2) is 24.3 Å². The van der Waals surface area contributed by atoms with Crippen molar-refractivity contribution in [3.63, 3.8) is 0 Å². The highest BCUT2D eigenvalue weighted by molar-refractivity contribution is 5.85. The van der Waals surface area contributed by atoms with Gasteiger partial charge in [-0.3, -0.25) is 15.0 Å². The molecular formula is C23H34N2O6. The third-order valence-corrected chi connectivity index (χ3v) is 5.70. The minimum Gasteiger partial charge on any atom is -0.479 e. The van der Waals surface area contributed by atoms with Crippen LogP contribution < -0.4 is 0 Å². The summed E-state index contributed by atoms with van der Waals surface area (Å²) in [5, 5.41) is 21.5. The summed E-state index contributed by atoms with van der Waals surface area (Å²) >= 11 is 0. The van der Waals surface area contributed by atoms with Gasteiger partial charge in [-0.2, -0.15) is 0 Å². The van der Waals surface area contributed by atoms with Gasteiger partial charge >= 0.3 is 12.1 Å². The Kier molecular flexibility index (Phi) is 7.68. The highest BCUT2D eigenvalue weighted by Gasteiger charge is 2.54. The number of hydrogen-bond donors (Lipinski definition) is 1. The fourth-order valence-corrected chi connectivity index (χ4v) is 4.49. The second-order valence-corrected chi connectivity index (χ2v) is 9.80. The number of hydrogen-bond acceptors (Lipinski definition) is 5. The van der Waals surface area contributed by atoms with Crippen molar-refractivity contribution in [2.75, 3.05) is 0 Å². The van der Waals surface area contributed by atoms with Crippen LogP contribution in [0.4, 0.5) is 10.5 Å². The summed E-state index contributed by atoms with van der Waals surface area (Å²) in [4.78, 5) is 38.1. The minimum atomic E-state index is -1.41. The molecule has 1 aromatic rings. The summed E-state index contributed by atoms with van der Waals surface area (Å²) in [6.07, 6.45) is 2.95. The first-order valence-electron chi connectivity index (χ1n) is 10.8. The van der Waals surface area contributed by atoms with Gasteiger partial charge < -0.3 is 9.84 Å². The number of non-ortho nitro benzene ring substituents is 1. The number of nitro groups is 1. The summed E-state index contributed by atoms with van der Waals surface area (Å²) in [5.41, 5.74) is -1.64. The zero-order valence-electron chi connectivity index (χ0n) is 19.1. The molecule has 0 aromatic heterocycles. The van der Waals surface area contributed by atoms with E-state index >= 15 is 0 Å². The van der Waals surface area contributed by atoms with Crippen LogP contribution in [0.2, 0.25) is 0 Å². The van der Waals surface area contributed by atoms with Crippen LogP contribution in [-0.4, -0.2) is 38.1 Å². The van der Waals surface area contributed by atoms with E-state index in [0.29, 0.717) is 12.0 Å². The largest absolute Gasteiger partial charge is 0.479 e. The number of ether oxygens (including phenoxy) is 1. The molecule has 1 aliphatic carbocycles. The summed E-state index contributed by atoms with van der Waals surface area (Å²) in [5.74, 6) is -1.17. The number of carboxylic acids is 1. The maximum Gasteiger partial charge on any atom is 0.411 e. The Morgan fingerprint density at radius 2 is 1.74 bits per heavy atom. The first-order valence-corrected chi connectivity index (χ1v) is 10.8. The van der Waals surface area contributed by atoms with E-state index in [1.807, 2.05) is 13.8 Å². The molecule has 1 amide bonds. The highest BCUT2D eigenvalue weighted by Crippen LogP contribution is 2.43. The Bertz CT molecular complexity index is 793. The molecule has 0 radical (unpaired) electrons. The van der Waals surface area contributed by atoms with Gasteiger partial charge in [0.2, 0.25) is 0 Å². The molecule has 1 saturated carbocycles. The molecule has 8 nitrogen and oxygen atoms in total. The monoisotopic (exact) mass is 434 g/mol. The number of benzene rings is 1. The molecule has 0 unspecified atom stereocenters. The number of aliphatic carboxylic acids is 1. The predicted molar refractivity (Wildman–Crippen MR) is 117 cm³/mol. The highest BCUT2D eigenvalue weighted by atomic mass is 16.6. The second kappa shape index (κ2) is 9.66. The molecule has 2 rings (SSSR count). The quantitative estimate of drug-likeness (QED) is 0.434. The van der Waals surface area contributed by atoms with Crippen LogP contribution in [0.3, 0.4) is 0 Å². The number of nitro benzene ring substituents is 1. The van der Waals surface area contributed by atoms with Crippen molar-refractivity contribution in [2.24, 2.45) is 11.8 Å². The number of nitrogens with zero attached hydrogens (tertiary/aromatic N) is 2. The van der Waals surface area contributed by atoms with Crippen LogP contribution in [0.1, 0.15) is 72.3 Å². The zero-order valence-corrected chi connectivity index (χ0v) is 19.1. The number of amides is 1. The molecule has 1 aromatic carbocycles. The van der Waals surface area contributed by atoms with Gasteiger partial charge in [0, 0.05) is 12.1 Å². The number of carboxylic acid groups (broad SMARTS) is 1. The fraction of sp³-hybridized carbons (Fsp3) is 0.652. The van der Waals surface area contributed by atoms with Crippen molar-refractivity contribution in [1.29, 1.82) is 0 Å². The van der Waals surface area contributed by atoms with E-state index in [0.717, 1.165) is 25.7 Å². The molecular weight excluding hydrogens is 400 g/mol. The van der Waals surface area contributed by atoms with Gasteiger partial charge in [-0.15, -0.1) is 0 Å². The van der Waals surface area contributed by atoms with E-state index < -0.39 is 28.1 Å². The molecule has 1 atom stereocenters. The molecule has 0 bridgehead atoms. The van der Waals surface area contributed by atoms with Gasteiger partial charge in [-0.25, -0.2) is 9.59 Å². The standard InChI is InChI=1S/C23H34N2O6/c1-16(2)14-23(20(26)27,18-8-6-7-9-18)24(21(28)31-22(3,4)5)15-17-10-12-19(13-11-17)25(29)30/h10-13,16,18H,6-9,14-15H2,1-5H3,(H,26,27)/t23-/m0/s1. The van der Waals surface area contributed by atoms with Gasteiger partial charge in [-0.05, 0) is 57.4 Å². The molecule has 1 fully saturated rings. The van der Waals surface area contributed by atoms with Crippen molar-refractivity contribution in [3.05, 3.63) is 39.9 Å². The lowest BCUT2D eigenvalue weighted by Crippen LogP contribution is -2.62. The fourth-order valence-electron chi connectivity index (χ4n) is 4.49. The van der Waals surface area contributed by atoms with E-state index in [1.54, 1.807) is 32.9 Å². The molecule has 0 heterocycles. The van der Waals surface area contributed by atoms with Crippen molar-refractivity contribution < 1.29 is 24.4 Å². The topological polar surface area (TPSA) is 110 Å². The number of rotatable bonds is 8. The van der Waals surface area contributed by atoms with E-state index in [4.69, 9.17) is 4.74 Å². The Labute approximate surface area is 183 Å². The van der Waals surface area contributed by atoms with Crippen LogP contribution in [0.5, 0.6) is 0 Å². The van der Waals surface area contributed by atoms with Gasteiger partial charge in [-0.1, -0.05) is 38.8 Å². The maximum atomic E-state index is 13.4. The number of carbonyl (C=O) groups is 2. The van der Waals surface area contributed by atoms with Crippen LogP contribution >= 0.6 is 0 Å². The van der Waals surface area contributed by atoms with Crippen LogP contribution in [0.25, 0.3) is 0 Å². The lowest BCUT2D eigenvalue weighted by molar-refractivity contribution is -0.384. The molecule has 172 valence electrons. The molecule has 31 heavy (non-hydrogen) atoms. The average molecular weight is 435 g/mol. The van der Waals surface area contributed by atoms with E-state index in [9.17, 15) is 24.8 Å². The average Bonchev–Trinajstić information content (AvgIpc) is 3.18. The molecule has 0 aliphatic heterocycles. The van der Waals surface area contributed by atoms with E-state index in [2.05, 4.69) is 0 Å². The first kappa shape index (κ1) is 24.6. The lowest BCUT2D eigenvalue weighted by Gasteiger charge is -2.45. The van der Waals surface area contributed by atoms with Crippen molar-refractivity contribution in [1.82, 2.24) is 4.90 Å². The Hall–Kier alpha value is -2.64. The third-order valence-electron chi connectivity index (χ3n) is 5.70. The SMILES string of the molecule is CC(C)C[C@@](C(=O)O)(C1CCCC1)N(Cc1ccc([N+](=O)[O-])cc1)C(=O)OC(C)(C)C. The summed E-state index contributed by atoms with van der Waals surface area (Å²) in [6.45, 7) is 9.14. The molecule has 1 aliphatic rings. The second-order valence-electron chi connectivity index (χ2n) is 9.80. The molecule has 8 heteroatoms. The lowest BCUT2D eigenvalue weighted by atomic mass is 9.75. The first-order chi connectivity index (χ1) is 14.4. The van der Waals surface area contributed by atoms with Crippen LogP contribution in [0, 0.1) is 22.0 Å². The van der Waals surface area contributed by atoms with Gasteiger partial charge in [0.15, 0.2) is 0 Å². The summed E-state index contributed by atoms with van der Waals surface area (Å²) in [7, 11) is 0. The van der Waals surface area contributed by atoms with Gasteiger partial charge in [0.25, 0.3) is 5.69 Å². The maximum absolute atomic E-state index is 13.4. The summed E-state index contributed by atoms with van der Waals surface area (Å²) < 4.78 is 5.65. The van der Waals surface area contributed by atoms with E-state index in [1.165, 1.54) is 17.0 Å².